The van der Waals surface area contributed by atoms with Crippen LogP contribution in [0.15, 0.2) is 188 Å². The Kier molecular flexibility index (Phi) is 7.56. The first-order valence-electron chi connectivity index (χ1n) is 19.0. The molecule has 264 valence electrons. The second-order valence-electron chi connectivity index (χ2n) is 14.3. The van der Waals surface area contributed by atoms with Crippen LogP contribution in [-0.2, 0) is 0 Å². The van der Waals surface area contributed by atoms with Crippen molar-refractivity contribution in [2.45, 2.75) is 12.0 Å². The molecule has 0 radical (unpaired) electrons. The van der Waals surface area contributed by atoms with Crippen molar-refractivity contribution in [3.05, 3.63) is 205 Å². The lowest BCUT2D eigenvalue weighted by molar-refractivity contribution is 0.225. The van der Waals surface area contributed by atoms with Gasteiger partial charge in [0.05, 0.1) is 16.8 Å². The van der Waals surface area contributed by atoms with Crippen molar-refractivity contribution in [1.29, 1.82) is 0 Å². The lowest BCUT2D eigenvalue weighted by Gasteiger charge is -2.22. The van der Waals surface area contributed by atoms with Crippen molar-refractivity contribution in [1.82, 2.24) is 19.5 Å². The number of rotatable bonds is 6. The van der Waals surface area contributed by atoms with Crippen LogP contribution in [0.25, 0.3) is 79.1 Å². The number of nitrogens with zero attached hydrogens (tertiary/aromatic N) is 4. The SMILES string of the molecule is C1=CC2c3cccc(-c4nc(-c5ccc(-c6ccccc6)cc5)nc(-c5ccc(-c6ccccc6)cc5)n4)c3OC2c2c1n(-c1ccccc1)c1ccccc21. The van der Waals surface area contributed by atoms with Gasteiger partial charge in [-0.15, -0.1) is 0 Å². The van der Waals surface area contributed by atoms with Gasteiger partial charge in [0, 0.05) is 39.2 Å². The molecule has 2 unspecified atom stereocenters. The Hall–Kier alpha value is -7.37. The van der Waals surface area contributed by atoms with Gasteiger partial charge in [0.2, 0.25) is 0 Å². The number of aromatic nitrogens is 4. The zero-order valence-corrected chi connectivity index (χ0v) is 30.3. The molecule has 3 heterocycles. The first-order chi connectivity index (χ1) is 27.8. The number of hydrogen-bond acceptors (Lipinski definition) is 4. The Bertz CT molecular complexity index is 2820. The van der Waals surface area contributed by atoms with Gasteiger partial charge >= 0.3 is 0 Å². The molecule has 0 N–H and O–H groups in total. The lowest BCUT2D eigenvalue weighted by Crippen LogP contribution is -2.13. The Labute approximate surface area is 324 Å². The minimum absolute atomic E-state index is 0.0457. The quantitative estimate of drug-likeness (QED) is 0.172. The van der Waals surface area contributed by atoms with Crippen LogP contribution < -0.4 is 4.74 Å². The van der Waals surface area contributed by atoms with E-state index >= 15 is 0 Å². The largest absolute Gasteiger partial charge is 0.484 e. The minimum Gasteiger partial charge on any atom is -0.484 e. The Morgan fingerprint density at radius 2 is 0.964 bits per heavy atom. The van der Waals surface area contributed by atoms with Gasteiger partial charge in [0.15, 0.2) is 17.5 Å². The molecule has 5 nitrogen and oxygen atoms in total. The number of benzene rings is 7. The molecule has 5 heteroatoms. The second-order valence-corrected chi connectivity index (χ2v) is 14.3. The standard InChI is InChI=1S/C51H34N4O/c1-4-13-33(14-5-1)35-23-27-37(28-24-35)49-52-50(38-29-25-36(26-30-38)34-15-6-2-7-16-34)54-51(53-49)43-21-12-20-40-41-31-32-45-46(48(41)56-47(40)43)42-19-10-11-22-44(42)55(45)39-17-8-3-9-18-39/h1-32,41,48H. The van der Waals surface area contributed by atoms with Crippen LogP contribution in [0.4, 0.5) is 0 Å². The van der Waals surface area contributed by atoms with Crippen molar-refractivity contribution in [2.24, 2.45) is 0 Å². The molecule has 11 rings (SSSR count). The van der Waals surface area contributed by atoms with E-state index in [4.69, 9.17) is 19.7 Å². The van der Waals surface area contributed by atoms with Gasteiger partial charge < -0.3 is 9.30 Å². The second kappa shape index (κ2) is 13.2. The molecule has 1 aliphatic heterocycles. The van der Waals surface area contributed by atoms with Crippen LogP contribution in [0.2, 0.25) is 0 Å². The molecular weight excluding hydrogens is 685 g/mol. The highest BCUT2D eigenvalue weighted by atomic mass is 16.5. The summed E-state index contributed by atoms with van der Waals surface area (Å²) < 4.78 is 9.48. The van der Waals surface area contributed by atoms with E-state index < -0.39 is 0 Å². The third-order valence-electron chi connectivity index (χ3n) is 11.1. The van der Waals surface area contributed by atoms with E-state index in [1.807, 2.05) is 12.1 Å². The summed E-state index contributed by atoms with van der Waals surface area (Å²) in [4.78, 5) is 15.4. The molecular formula is C51H34N4O. The number of fused-ring (bicyclic) bond motifs is 7. The fourth-order valence-electron chi connectivity index (χ4n) is 8.37. The maximum Gasteiger partial charge on any atom is 0.167 e. The minimum atomic E-state index is -0.196. The summed E-state index contributed by atoms with van der Waals surface area (Å²) in [7, 11) is 0. The Balaban J connectivity index is 1.03. The molecule has 0 fully saturated rings. The molecule has 0 saturated carbocycles. The Morgan fingerprint density at radius 3 is 1.59 bits per heavy atom. The van der Waals surface area contributed by atoms with Crippen LogP contribution in [0, 0.1) is 0 Å². The van der Waals surface area contributed by atoms with E-state index in [-0.39, 0.29) is 12.0 Å². The molecule has 1 aliphatic carbocycles. The van der Waals surface area contributed by atoms with E-state index in [1.54, 1.807) is 0 Å². The first kappa shape index (κ1) is 32.1. The van der Waals surface area contributed by atoms with Gasteiger partial charge in [-0.2, -0.15) is 0 Å². The molecule has 9 aromatic rings. The van der Waals surface area contributed by atoms with Crippen LogP contribution in [-0.4, -0.2) is 19.5 Å². The summed E-state index contributed by atoms with van der Waals surface area (Å²) in [6.07, 6.45) is 4.37. The zero-order chi connectivity index (χ0) is 37.0. The molecule has 0 amide bonds. The van der Waals surface area contributed by atoms with Crippen LogP contribution in [0.1, 0.15) is 28.8 Å². The van der Waals surface area contributed by atoms with Gasteiger partial charge in [0.25, 0.3) is 0 Å². The summed E-state index contributed by atoms with van der Waals surface area (Å²) in [5.41, 5.74) is 13.1. The van der Waals surface area contributed by atoms with Gasteiger partial charge in [-0.1, -0.05) is 164 Å². The van der Waals surface area contributed by atoms with Crippen molar-refractivity contribution in [3.8, 4) is 67.9 Å². The molecule has 2 aromatic heterocycles. The van der Waals surface area contributed by atoms with Crippen molar-refractivity contribution < 1.29 is 4.74 Å². The fraction of sp³-hybridized carbons (Fsp3) is 0.0392. The third-order valence-corrected chi connectivity index (χ3v) is 11.1. The topological polar surface area (TPSA) is 52.8 Å². The van der Waals surface area contributed by atoms with Gasteiger partial charge in [-0.25, -0.2) is 15.0 Å². The number of para-hydroxylation sites is 3. The smallest absolute Gasteiger partial charge is 0.167 e. The molecule has 0 bridgehead atoms. The fourth-order valence-corrected chi connectivity index (χ4v) is 8.37. The van der Waals surface area contributed by atoms with E-state index in [0.29, 0.717) is 17.5 Å². The summed E-state index contributed by atoms with van der Waals surface area (Å²) in [5.74, 6) is 2.66. The molecule has 2 atom stereocenters. The molecule has 0 saturated heterocycles. The maximum absolute atomic E-state index is 7.14. The van der Waals surface area contributed by atoms with Crippen molar-refractivity contribution in [3.63, 3.8) is 0 Å². The summed E-state index contributed by atoms with van der Waals surface area (Å²) in [5, 5.41) is 1.20. The van der Waals surface area contributed by atoms with E-state index in [0.717, 1.165) is 67.2 Å². The maximum atomic E-state index is 7.14. The van der Waals surface area contributed by atoms with Gasteiger partial charge in [-0.05, 0) is 52.6 Å². The van der Waals surface area contributed by atoms with Crippen LogP contribution in [0.3, 0.4) is 0 Å². The van der Waals surface area contributed by atoms with Crippen molar-refractivity contribution in [2.75, 3.05) is 0 Å². The van der Waals surface area contributed by atoms with Crippen LogP contribution in [0.5, 0.6) is 5.75 Å². The number of ether oxygens (including phenoxy) is 1. The van der Waals surface area contributed by atoms with Crippen molar-refractivity contribution >= 4 is 17.0 Å². The lowest BCUT2D eigenvalue weighted by atomic mass is 9.85. The molecule has 56 heavy (non-hydrogen) atoms. The van der Waals surface area contributed by atoms with Gasteiger partial charge in [-0.3, -0.25) is 0 Å². The zero-order valence-electron chi connectivity index (χ0n) is 30.3. The van der Waals surface area contributed by atoms with E-state index in [9.17, 15) is 0 Å². The highest BCUT2D eigenvalue weighted by Crippen LogP contribution is 2.55. The summed E-state index contributed by atoms with van der Waals surface area (Å²) in [6, 6.07) is 63.3. The van der Waals surface area contributed by atoms with E-state index in [1.165, 1.54) is 10.9 Å². The average Bonchev–Trinajstić information content (AvgIpc) is 3.83. The highest BCUT2D eigenvalue weighted by Gasteiger charge is 2.41. The normalized spacial score (nSPS) is 15.2. The molecule has 2 aliphatic rings. The van der Waals surface area contributed by atoms with Crippen LogP contribution >= 0.6 is 0 Å². The first-order valence-corrected chi connectivity index (χ1v) is 19.0. The highest BCUT2D eigenvalue weighted by molar-refractivity contribution is 5.92. The number of hydrogen-bond donors (Lipinski definition) is 0. The predicted octanol–water partition coefficient (Wildman–Crippen LogP) is 12.4. The summed E-state index contributed by atoms with van der Waals surface area (Å²) >= 11 is 0. The average molecular weight is 719 g/mol. The monoisotopic (exact) mass is 718 g/mol. The molecule has 7 aromatic carbocycles. The summed E-state index contributed by atoms with van der Waals surface area (Å²) in [6.45, 7) is 0. The Morgan fingerprint density at radius 1 is 0.446 bits per heavy atom. The third kappa shape index (κ3) is 5.36. The molecule has 0 spiro atoms. The predicted molar refractivity (Wildman–Crippen MR) is 225 cm³/mol. The van der Waals surface area contributed by atoms with Gasteiger partial charge in [0.1, 0.15) is 11.9 Å². The van der Waals surface area contributed by atoms with E-state index in [2.05, 4.69) is 187 Å².